The highest BCUT2D eigenvalue weighted by molar-refractivity contribution is 5.85. The van der Waals surface area contributed by atoms with E-state index < -0.39 is 0 Å². The molecular formula is C8H16Cl2N2. The molecular weight excluding hydrogens is 195 g/mol. The van der Waals surface area contributed by atoms with E-state index in [1.165, 1.54) is 0 Å². The molecule has 0 aliphatic carbocycles. The lowest BCUT2D eigenvalue weighted by atomic mass is 9.83. The van der Waals surface area contributed by atoms with Crippen LogP contribution in [-0.2, 0) is 0 Å². The zero-order valence-electron chi connectivity index (χ0n) is 7.22. The third-order valence-corrected chi connectivity index (χ3v) is 2.61. The van der Waals surface area contributed by atoms with E-state index in [4.69, 9.17) is 0 Å². The number of halogens is 2. The molecule has 2 aliphatic heterocycles. The van der Waals surface area contributed by atoms with Crippen LogP contribution in [0.15, 0.2) is 11.6 Å². The van der Waals surface area contributed by atoms with E-state index in [9.17, 15) is 0 Å². The Labute approximate surface area is 86.0 Å². The average Bonchev–Trinajstić information content (AvgIpc) is 2.29. The van der Waals surface area contributed by atoms with Crippen LogP contribution >= 0.6 is 24.8 Å². The van der Waals surface area contributed by atoms with Crippen LogP contribution in [0.3, 0.4) is 0 Å². The summed E-state index contributed by atoms with van der Waals surface area (Å²) in [4.78, 5) is 0. The van der Waals surface area contributed by atoms with Crippen molar-refractivity contribution in [1.29, 1.82) is 0 Å². The van der Waals surface area contributed by atoms with E-state index in [1.807, 2.05) is 0 Å². The second-order valence-electron chi connectivity index (χ2n) is 3.52. The molecule has 2 nitrogen and oxygen atoms in total. The Balaban J connectivity index is 0.000000605. The molecule has 0 aromatic heterocycles. The highest BCUT2D eigenvalue weighted by Crippen LogP contribution is 2.30. The zero-order valence-corrected chi connectivity index (χ0v) is 8.86. The maximum absolute atomic E-state index is 3.40. The Hall–Kier alpha value is 0.240. The first-order chi connectivity index (χ1) is 4.81. The molecule has 4 heteroatoms. The molecule has 2 rings (SSSR count). The lowest BCUT2D eigenvalue weighted by molar-refractivity contribution is 0.393. The maximum atomic E-state index is 3.40. The number of hydrogen-bond donors (Lipinski definition) is 2. The monoisotopic (exact) mass is 210 g/mol. The molecule has 1 unspecified atom stereocenters. The summed E-state index contributed by atoms with van der Waals surface area (Å²) in [6.07, 6.45) is 2.32. The summed E-state index contributed by atoms with van der Waals surface area (Å²) in [5.74, 6) is 0. The van der Waals surface area contributed by atoms with Gasteiger partial charge in [-0.15, -0.1) is 24.8 Å². The second kappa shape index (κ2) is 4.47. The molecule has 12 heavy (non-hydrogen) atoms. The lowest BCUT2D eigenvalue weighted by Gasteiger charge is -2.29. The number of hydrogen-bond acceptors (Lipinski definition) is 2. The van der Waals surface area contributed by atoms with Crippen molar-refractivity contribution < 1.29 is 0 Å². The van der Waals surface area contributed by atoms with Gasteiger partial charge in [0.1, 0.15) is 0 Å². The summed E-state index contributed by atoms with van der Waals surface area (Å²) in [5, 5.41) is 6.78. The van der Waals surface area contributed by atoms with Crippen molar-refractivity contribution in [2.24, 2.45) is 5.41 Å². The van der Waals surface area contributed by atoms with Crippen LogP contribution in [0.25, 0.3) is 0 Å². The molecule has 1 saturated heterocycles. The van der Waals surface area contributed by atoms with Crippen LogP contribution in [0.5, 0.6) is 0 Å². The quantitative estimate of drug-likeness (QED) is 0.583. The molecule has 72 valence electrons. The summed E-state index contributed by atoms with van der Waals surface area (Å²) >= 11 is 0. The Morgan fingerprint density at radius 3 is 2.58 bits per heavy atom. The van der Waals surface area contributed by atoms with Crippen molar-refractivity contribution in [3.8, 4) is 0 Å². The van der Waals surface area contributed by atoms with Crippen molar-refractivity contribution in [2.45, 2.75) is 6.92 Å². The van der Waals surface area contributed by atoms with E-state index in [-0.39, 0.29) is 24.8 Å². The molecule has 1 atom stereocenters. The minimum absolute atomic E-state index is 0. The molecule has 0 aromatic carbocycles. The van der Waals surface area contributed by atoms with Gasteiger partial charge >= 0.3 is 0 Å². The first-order valence-corrected chi connectivity index (χ1v) is 3.92. The van der Waals surface area contributed by atoms with Crippen molar-refractivity contribution in [3.05, 3.63) is 11.6 Å². The molecule has 2 heterocycles. The summed E-state index contributed by atoms with van der Waals surface area (Å²) in [5.41, 5.74) is 2.03. The van der Waals surface area contributed by atoms with Gasteiger partial charge in [0.05, 0.1) is 0 Å². The molecule has 0 amide bonds. The summed E-state index contributed by atoms with van der Waals surface area (Å²) < 4.78 is 0. The molecule has 0 bridgehead atoms. The van der Waals surface area contributed by atoms with E-state index in [0.29, 0.717) is 5.41 Å². The third kappa shape index (κ3) is 1.94. The van der Waals surface area contributed by atoms with E-state index in [1.54, 1.807) is 5.57 Å². The van der Waals surface area contributed by atoms with Crippen LogP contribution in [0.2, 0.25) is 0 Å². The van der Waals surface area contributed by atoms with E-state index >= 15 is 0 Å². The van der Waals surface area contributed by atoms with Gasteiger partial charge in [0.25, 0.3) is 0 Å². The standard InChI is InChI=1S/C8H14N2.2ClH/c1-8-5-9-3-2-7(8)4-10-6-8;;/h2,9-10H,3-6H2,1H3;2*1H. The van der Waals surface area contributed by atoms with Gasteiger partial charge in [-0.1, -0.05) is 18.6 Å². The molecule has 1 fully saturated rings. The van der Waals surface area contributed by atoms with Crippen LogP contribution < -0.4 is 10.6 Å². The van der Waals surface area contributed by atoms with E-state index in [2.05, 4.69) is 23.6 Å². The maximum Gasteiger partial charge on any atom is 0.0171 e. The van der Waals surface area contributed by atoms with Gasteiger partial charge in [-0.25, -0.2) is 0 Å². The SMILES string of the molecule is CC12CNCC=C1CNC2.Cl.Cl. The predicted molar refractivity (Wildman–Crippen MR) is 56.4 cm³/mol. The fourth-order valence-electron chi connectivity index (χ4n) is 1.84. The van der Waals surface area contributed by atoms with Crippen LogP contribution in [0.4, 0.5) is 0 Å². The van der Waals surface area contributed by atoms with Crippen molar-refractivity contribution in [3.63, 3.8) is 0 Å². The van der Waals surface area contributed by atoms with Gasteiger partial charge in [-0.05, 0) is 0 Å². The Kier molecular flexibility index (Phi) is 4.56. The molecule has 0 aromatic rings. The van der Waals surface area contributed by atoms with Gasteiger partial charge in [0, 0.05) is 31.6 Å². The van der Waals surface area contributed by atoms with Crippen LogP contribution in [0, 0.1) is 5.41 Å². The van der Waals surface area contributed by atoms with Crippen molar-refractivity contribution >= 4 is 24.8 Å². The van der Waals surface area contributed by atoms with Gasteiger partial charge in [0.2, 0.25) is 0 Å². The van der Waals surface area contributed by atoms with Crippen molar-refractivity contribution in [2.75, 3.05) is 26.2 Å². The van der Waals surface area contributed by atoms with E-state index in [0.717, 1.165) is 26.2 Å². The smallest absolute Gasteiger partial charge is 0.0171 e. The molecule has 0 saturated carbocycles. The molecule has 2 N–H and O–H groups in total. The van der Waals surface area contributed by atoms with Gasteiger partial charge in [-0.2, -0.15) is 0 Å². The highest BCUT2D eigenvalue weighted by atomic mass is 35.5. The van der Waals surface area contributed by atoms with Gasteiger partial charge in [0.15, 0.2) is 0 Å². The van der Waals surface area contributed by atoms with Gasteiger partial charge in [-0.3, -0.25) is 0 Å². The normalized spacial score (nSPS) is 32.6. The van der Waals surface area contributed by atoms with Gasteiger partial charge < -0.3 is 10.6 Å². The largest absolute Gasteiger partial charge is 0.312 e. The Morgan fingerprint density at radius 2 is 1.92 bits per heavy atom. The summed E-state index contributed by atoms with van der Waals surface area (Å²) in [7, 11) is 0. The fraction of sp³-hybridized carbons (Fsp3) is 0.750. The van der Waals surface area contributed by atoms with Crippen LogP contribution in [0.1, 0.15) is 6.92 Å². The zero-order chi connectivity index (χ0) is 7.03. The highest BCUT2D eigenvalue weighted by Gasteiger charge is 2.34. The molecule has 0 radical (unpaired) electrons. The second-order valence-corrected chi connectivity index (χ2v) is 3.52. The third-order valence-electron chi connectivity index (χ3n) is 2.61. The van der Waals surface area contributed by atoms with Crippen LogP contribution in [-0.4, -0.2) is 26.2 Å². The summed E-state index contributed by atoms with van der Waals surface area (Å²) in [6.45, 7) is 6.79. The Bertz CT molecular complexity index is 182. The topological polar surface area (TPSA) is 24.1 Å². The lowest BCUT2D eigenvalue weighted by Crippen LogP contribution is -2.38. The fourth-order valence-corrected chi connectivity index (χ4v) is 1.84. The Morgan fingerprint density at radius 1 is 1.25 bits per heavy atom. The minimum atomic E-state index is 0. The number of rotatable bonds is 0. The summed E-state index contributed by atoms with van der Waals surface area (Å²) in [6, 6.07) is 0. The first kappa shape index (κ1) is 12.2. The minimum Gasteiger partial charge on any atom is -0.312 e. The number of fused-ring (bicyclic) bond motifs is 1. The number of nitrogens with one attached hydrogen (secondary N) is 2. The molecule has 0 spiro atoms. The van der Waals surface area contributed by atoms with Crippen molar-refractivity contribution in [1.82, 2.24) is 10.6 Å². The average molecular weight is 211 g/mol. The predicted octanol–water partition coefficient (Wildman–Crippen LogP) is 0.969. The molecule has 2 aliphatic rings. The first-order valence-electron chi connectivity index (χ1n) is 3.92.